The largest absolute Gasteiger partial charge is 0.384 e. The van der Waals surface area contributed by atoms with Crippen molar-refractivity contribution in [2.45, 2.75) is 19.8 Å². The summed E-state index contributed by atoms with van der Waals surface area (Å²) in [4.78, 5) is 14.2. The lowest BCUT2D eigenvalue weighted by atomic mass is 9.96. The Labute approximate surface area is 103 Å². The summed E-state index contributed by atoms with van der Waals surface area (Å²) in [7, 11) is 1.75. The van der Waals surface area contributed by atoms with E-state index >= 15 is 0 Å². The Bertz CT molecular complexity index is 311. The first kappa shape index (κ1) is 12.6. The summed E-state index contributed by atoms with van der Waals surface area (Å²) in [6, 6.07) is 0. The quantitative estimate of drug-likeness (QED) is 0.739. The summed E-state index contributed by atoms with van der Waals surface area (Å²) in [5, 5.41) is 3.18. The van der Waals surface area contributed by atoms with Crippen molar-refractivity contribution in [3.8, 4) is 0 Å². The molecular formula is C13H22N2O2. The van der Waals surface area contributed by atoms with Gasteiger partial charge in [-0.1, -0.05) is 0 Å². The molecule has 2 fully saturated rings. The molecule has 17 heavy (non-hydrogen) atoms. The number of piperidine rings is 1. The molecule has 0 atom stereocenters. The van der Waals surface area contributed by atoms with Crippen molar-refractivity contribution in [3.63, 3.8) is 0 Å². The highest BCUT2D eigenvalue weighted by molar-refractivity contribution is 5.94. The molecule has 2 heterocycles. The molecule has 2 rings (SSSR count). The molecular weight excluding hydrogens is 216 g/mol. The normalized spacial score (nSPS) is 21.3. The summed E-state index contributed by atoms with van der Waals surface area (Å²) in [6.07, 6.45) is 2.14. The van der Waals surface area contributed by atoms with Gasteiger partial charge in [-0.2, -0.15) is 0 Å². The van der Waals surface area contributed by atoms with Crippen LogP contribution in [0.25, 0.3) is 0 Å². The molecule has 4 heteroatoms. The molecule has 4 nitrogen and oxygen atoms in total. The van der Waals surface area contributed by atoms with Crippen LogP contribution in [-0.2, 0) is 9.53 Å². The fourth-order valence-corrected chi connectivity index (χ4v) is 2.44. The smallest absolute Gasteiger partial charge is 0.249 e. The van der Waals surface area contributed by atoms with Crippen molar-refractivity contribution in [2.75, 3.05) is 39.9 Å². The van der Waals surface area contributed by atoms with Crippen molar-refractivity contribution in [3.05, 3.63) is 11.1 Å². The number of methoxy groups -OCH3 is 1. The Morgan fingerprint density at radius 2 is 2.06 bits per heavy atom. The third-order valence-electron chi connectivity index (χ3n) is 3.83. The number of likely N-dealkylation sites (tertiary alicyclic amines) is 1. The van der Waals surface area contributed by atoms with Crippen molar-refractivity contribution >= 4 is 5.91 Å². The van der Waals surface area contributed by atoms with E-state index in [0.717, 1.165) is 51.2 Å². The van der Waals surface area contributed by atoms with Crippen LogP contribution in [0.5, 0.6) is 0 Å². The van der Waals surface area contributed by atoms with Gasteiger partial charge in [-0.15, -0.1) is 0 Å². The maximum absolute atomic E-state index is 12.2. The number of nitrogens with zero attached hydrogens (tertiary/aromatic N) is 1. The second kappa shape index (κ2) is 5.65. The SMILES string of the molecule is COCC1CCN(C(=O)C(C)=C2CNC2)CC1. The number of carbonyl (C=O) groups excluding carboxylic acids is 1. The molecule has 0 unspecified atom stereocenters. The summed E-state index contributed by atoms with van der Waals surface area (Å²) in [6.45, 7) is 6.32. The van der Waals surface area contributed by atoms with Crippen LogP contribution in [-0.4, -0.2) is 50.7 Å². The lowest BCUT2D eigenvalue weighted by molar-refractivity contribution is -0.128. The van der Waals surface area contributed by atoms with E-state index in [-0.39, 0.29) is 5.91 Å². The van der Waals surface area contributed by atoms with Gasteiger partial charge < -0.3 is 15.0 Å². The van der Waals surface area contributed by atoms with Crippen molar-refractivity contribution in [1.29, 1.82) is 0 Å². The first-order valence-corrected chi connectivity index (χ1v) is 6.40. The number of ether oxygens (including phenoxy) is 1. The molecule has 2 aliphatic rings. The van der Waals surface area contributed by atoms with Gasteiger partial charge in [-0.25, -0.2) is 0 Å². The van der Waals surface area contributed by atoms with E-state index in [1.54, 1.807) is 7.11 Å². The van der Waals surface area contributed by atoms with Gasteiger partial charge in [0.05, 0.1) is 0 Å². The molecule has 0 saturated carbocycles. The van der Waals surface area contributed by atoms with Crippen molar-refractivity contribution in [1.82, 2.24) is 10.2 Å². The fourth-order valence-electron chi connectivity index (χ4n) is 2.44. The van der Waals surface area contributed by atoms with Gasteiger partial charge in [0, 0.05) is 45.5 Å². The Kier molecular flexibility index (Phi) is 4.18. The molecule has 1 amide bonds. The Morgan fingerprint density at radius 3 is 2.53 bits per heavy atom. The molecule has 0 aromatic heterocycles. The lowest BCUT2D eigenvalue weighted by Gasteiger charge is -2.33. The van der Waals surface area contributed by atoms with E-state index in [4.69, 9.17) is 4.74 Å². The van der Waals surface area contributed by atoms with Crippen molar-refractivity contribution in [2.24, 2.45) is 5.92 Å². The van der Waals surface area contributed by atoms with Crippen LogP contribution in [0.3, 0.4) is 0 Å². The molecule has 96 valence electrons. The van der Waals surface area contributed by atoms with E-state index in [9.17, 15) is 4.79 Å². The van der Waals surface area contributed by atoms with E-state index in [1.165, 1.54) is 5.57 Å². The molecule has 0 radical (unpaired) electrons. The molecule has 1 N–H and O–H groups in total. The third-order valence-corrected chi connectivity index (χ3v) is 3.83. The number of rotatable bonds is 3. The van der Waals surface area contributed by atoms with E-state index < -0.39 is 0 Å². The monoisotopic (exact) mass is 238 g/mol. The predicted molar refractivity (Wildman–Crippen MR) is 66.7 cm³/mol. The number of hydrogen-bond acceptors (Lipinski definition) is 3. The summed E-state index contributed by atoms with van der Waals surface area (Å²) < 4.78 is 5.17. The second-order valence-electron chi connectivity index (χ2n) is 5.02. The third kappa shape index (κ3) is 2.87. The van der Waals surface area contributed by atoms with Gasteiger partial charge in [0.2, 0.25) is 5.91 Å². The standard InChI is InChI=1S/C13H22N2O2/c1-10(12-7-14-8-12)13(16)15-5-3-11(4-6-15)9-17-2/h11,14H,3-9H2,1-2H3. The van der Waals surface area contributed by atoms with Gasteiger partial charge in [-0.3, -0.25) is 4.79 Å². The second-order valence-corrected chi connectivity index (χ2v) is 5.02. The van der Waals surface area contributed by atoms with Gasteiger partial charge in [0.15, 0.2) is 0 Å². The predicted octanol–water partition coefficient (Wildman–Crippen LogP) is 0.791. The highest BCUT2D eigenvalue weighted by atomic mass is 16.5. The molecule has 0 aromatic carbocycles. The van der Waals surface area contributed by atoms with Crippen LogP contribution in [0.1, 0.15) is 19.8 Å². The number of nitrogens with one attached hydrogen (secondary N) is 1. The molecule has 2 aliphatic heterocycles. The highest BCUT2D eigenvalue weighted by Crippen LogP contribution is 2.20. The van der Waals surface area contributed by atoms with Gasteiger partial charge in [0.1, 0.15) is 0 Å². The van der Waals surface area contributed by atoms with Crippen LogP contribution < -0.4 is 5.32 Å². The average Bonchev–Trinajstić information content (AvgIpc) is 2.27. The fraction of sp³-hybridized carbons (Fsp3) is 0.769. The minimum atomic E-state index is 0.234. The van der Waals surface area contributed by atoms with Gasteiger partial charge in [-0.05, 0) is 31.3 Å². The first-order chi connectivity index (χ1) is 8.22. The zero-order chi connectivity index (χ0) is 12.3. The minimum Gasteiger partial charge on any atom is -0.384 e. The topological polar surface area (TPSA) is 41.6 Å². The van der Waals surface area contributed by atoms with Gasteiger partial charge in [0.25, 0.3) is 0 Å². The van der Waals surface area contributed by atoms with Crippen molar-refractivity contribution < 1.29 is 9.53 Å². The van der Waals surface area contributed by atoms with Crippen LogP contribution in [0, 0.1) is 5.92 Å². The molecule has 0 aliphatic carbocycles. The lowest BCUT2D eigenvalue weighted by Crippen LogP contribution is -2.42. The number of amides is 1. The molecule has 0 bridgehead atoms. The maximum Gasteiger partial charge on any atom is 0.249 e. The Morgan fingerprint density at radius 1 is 1.41 bits per heavy atom. The zero-order valence-corrected chi connectivity index (χ0v) is 10.8. The summed E-state index contributed by atoms with van der Waals surface area (Å²) >= 11 is 0. The molecule has 0 aromatic rings. The van der Waals surface area contributed by atoms with E-state index in [1.807, 2.05) is 11.8 Å². The highest BCUT2D eigenvalue weighted by Gasteiger charge is 2.25. The zero-order valence-electron chi connectivity index (χ0n) is 10.8. The van der Waals surface area contributed by atoms with Crippen LogP contribution in [0.15, 0.2) is 11.1 Å². The number of hydrogen-bond donors (Lipinski definition) is 1. The number of carbonyl (C=O) groups is 1. The van der Waals surface area contributed by atoms with Crippen LogP contribution in [0.4, 0.5) is 0 Å². The summed E-state index contributed by atoms with van der Waals surface area (Å²) in [5.74, 6) is 0.861. The Hall–Kier alpha value is -0.870. The minimum absolute atomic E-state index is 0.234. The van der Waals surface area contributed by atoms with Crippen LogP contribution >= 0.6 is 0 Å². The van der Waals surface area contributed by atoms with E-state index in [0.29, 0.717) is 5.92 Å². The average molecular weight is 238 g/mol. The van der Waals surface area contributed by atoms with E-state index in [2.05, 4.69) is 5.32 Å². The Balaban J connectivity index is 1.86. The molecule has 2 saturated heterocycles. The van der Waals surface area contributed by atoms with Gasteiger partial charge >= 0.3 is 0 Å². The maximum atomic E-state index is 12.2. The summed E-state index contributed by atoms with van der Waals surface area (Å²) in [5.41, 5.74) is 2.22. The van der Waals surface area contributed by atoms with Crippen LogP contribution in [0.2, 0.25) is 0 Å². The molecule has 0 spiro atoms. The first-order valence-electron chi connectivity index (χ1n) is 6.40.